The molecule has 1 unspecified atom stereocenters. The van der Waals surface area contributed by atoms with E-state index >= 15 is 0 Å². The van der Waals surface area contributed by atoms with Crippen LogP contribution < -0.4 is 10.9 Å². The van der Waals surface area contributed by atoms with Gasteiger partial charge in [-0.2, -0.15) is 0 Å². The largest absolute Gasteiger partial charge is 0.466 e. The van der Waals surface area contributed by atoms with Crippen molar-refractivity contribution in [3.63, 3.8) is 0 Å². The van der Waals surface area contributed by atoms with Gasteiger partial charge in [0.1, 0.15) is 11.4 Å². The lowest BCUT2D eigenvalue weighted by Crippen LogP contribution is -2.40. The third-order valence-corrected chi connectivity index (χ3v) is 4.55. The van der Waals surface area contributed by atoms with Crippen molar-refractivity contribution >= 4 is 17.6 Å². The summed E-state index contributed by atoms with van der Waals surface area (Å²) in [7, 11) is 0. The molecule has 0 aromatic carbocycles. The van der Waals surface area contributed by atoms with Crippen molar-refractivity contribution in [1.82, 2.24) is 19.6 Å². The van der Waals surface area contributed by atoms with Crippen LogP contribution in [0.2, 0.25) is 0 Å². The van der Waals surface area contributed by atoms with Crippen molar-refractivity contribution in [1.29, 1.82) is 0 Å². The maximum atomic E-state index is 12.8. The van der Waals surface area contributed by atoms with Gasteiger partial charge in [0.25, 0.3) is 11.5 Å². The van der Waals surface area contributed by atoms with E-state index in [1.54, 1.807) is 31.3 Å². The number of furan rings is 1. The van der Waals surface area contributed by atoms with Gasteiger partial charge in [-0.3, -0.25) is 18.9 Å². The van der Waals surface area contributed by atoms with Gasteiger partial charge in [-0.05, 0) is 37.6 Å². The first-order valence-corrected chi connectivity index (χ1v) is 8.06. The third kappa shape index (κ3) is 2.30. The van der Waals surface area contributed by atoms with Crippen LogP contribution in [0.4, 0.5) is 4.79 Å². The normalized spacial score (nSPS) is 20.0. The van der Waals surface area contributed by atoms with Gasteiger partial charge in [0.2, 0.25) is 0 Å². The van der Waals surface area contributed by atoms with Crippen molar-refractivity contribution in [2.75, 3.05) is 0 Å². The fourth-order valence-electron chi connectivity index (χ4n) is 3.12. The third-order valence-electron chi connectivity index (χ3n) is 4.55. The predicted molar refractivity (Wildman–Crippen MR) is 91.3 cm³/mol. The zero-order valence-electron chi connectivity index (χ0n) is 14.2. The number of amides is 3. The van der Waals surface area contributed by atoms with Crippen LogP contribution in [0.25, 0.3) is 5.65 Å². The van der Waals surface area contributed by atoms with E-state index in [0.29, 0.717) is 17.1 Å². The van der Waals surface area contributed by atoms with E-state index in [4.69, 9.17) is 4.42 Å². The molecule has 0 spiro atoms. The number of hydrogen-bond acceptors (Lipinski definition) is 5. The highest BCUT2D eigenvalue weighted by Crippen LogP contribution is 2.29. The van der Waals surface area contributed by atoms with E-state index in [2.05, 4.69) is 10.3 Å². The van der Waals surface area contributed by atoms with Gasteiger partial charge < -0.3 is 9.73 Å². The molecule has 1 saturated heterocycles. The number of aryl methyl sites for hydroxylation is 1. The first kappa shape index (κ1) is 16.1. The number of aromatic nitrogens is 2. The molecule has 1 aliphatic heterocycles. The van der Waals surface area contributed by atoms with E-state index in [9.17, 15) is 14.4 Å². The standard InChI is InChI=1S/C18H16N4O4/c1-11-5-3-7-21-14(23)9-12(19-15(11)21)10-22-16(24)18(2,20-17(22)25)13-6-4-8-26-13/h3-9H,10H2,1-2H3,(H,20,25). The molecule has 26 heavy (non-hydrogen) atoms. The maximum absolute atomic E-state index is 12.8. The fourth-order valence-corrected chi connectivity index (χ4v) is 3.12. The van der Waals surface area contributed by atoms with Gasteiger partial charge >= 0.3 is 6.03 Å². The predicted octanol–water partition coefficient (Wildman–Crippen LogP) is 1.56. The Bertz CT molecular complexity index is 1090. The molecule has 0 bridgehead atoms. The number of hydrogen-bond donors (Lipinski definition) is 1. The molecule has 3 aromatic heterocycles. The number of carbonyl (C=O) groups is 2. The topological polar surface area (TPSA) is 96.9 Å². The summed E-state index contributed by atoms with van der Waals surface area (Å²) in [4.78, 5) is 43.0. The van der Waals surface area contributed by atoms with Crippen molar-refractivity contribution in [3.8, 4) is 0 Å². The molecule has 4 heterocycles. The Balaban J connectivity index is 1.71. The Hall–Kier alpha value is -3.42. The molecular formula is C18H16N4O4. The smallest absolute Gasteiger partial charge is 0.325 e. The summed E-state index contributed by atoms with van der Waals surface area (Å²) in [6, 6.07) is 7.66. The van der Waals surface area contributed by atoms with Crippen LogP contribution in [0.3, 0.4) is 0 Å². The van der Waals surface area contributed by atoms with Crippen LogP contribution in [0.5, 0.6) is 0 Å². The first-order valence-electron chi connectivity index (χ1n) is 8.06. The quantitative estimate of drug-likeness (QED) is 0.722. The lowest BCUT2D eigenvalue weighted by atomic mass is 9.99. The molecular weight excluding hydrogens is 336 g/mol. The molecule has 1 fully saturated rings. The van der Waals surface area contributed by atoms with Crippen molar-refractivity contribution in [2.45, 2.75) is 25.9 Å². The minimum absolute atomic E-state index is 0.0962. The van der Waals surface area contributed by atoms with E-state index in [1.807, 2.05) is 13.0 Å². The molecule has 3 aromatic rings. The monoisotopic (exact) mass is 352 g/mol. The number of fused-ring (bicyclic) bond motifs is 1. The van der Waals surface area contributed by atoms with Gasteiger partial charge in [0.05, 0.1) is 18.5 Å². The minimum atomic E-state index is -1.28. The number of urea groups is 1. The Morgan fingerprint density at radius 3 is 2.77 bits per heavy atom. The van der Waals surface area contributed by atoms with Crippen LogP contribution in [-0.4, -0.2) is 26.2 Å². The number of rotatable bonds is 3. The molecule has 132 valence electrons. The van der Waals surface area contributed by atoms with Crippen molar-refractivity contribution < 1.29 is 14.0 Å². The highest BCUT2D eigenvalue weighted by atomic mass is 16.3. The maximum Gasteiger partial charge on any atom is 0.325 e. The van der Waals surface area contributed by atoms with Crippen LogP contribution >= 0.6 is 0 Å². The highest BCUT2D eigenvalue weighted by Gasteiger charge is 2.51. The van der Waals surface area contributed by atoms with Crippen LogP contribution in [0.1, 0.15) is 23.9 Å². The van der Waals surface area contributed by atoms with Gasteiger partial charge in [0, 0.05) is 12.3 Å². The molecule has 1 aliphatic rings. The summed E-state index contributed by atoms with van der Waals surface area (Å²) < 4.78 is 6.73. The van der Waals surface area contributed by atoms with E-state index in [-0.39, 0.29) is 12.1 Å². The first-order chi connectivity index (χ1) is 12.4. The Labute approximate surface area is 148 Å². The van der Waals surface area contributed by atoms with Crippen molar-refractivity contribution in [2.24, 2.45) is 0 Å². The molecule has 0 aliphatic carbocycles. The van der Waals surface area contributed by atoms with Gasteiger partial charge in [0.15, 0.2) is 5.54 Å². The molecule has 4 rings (SSSR count). The highest BCUT2D eigenvalue weighted by molar-refractivity contribution is 6.06. The van der Waals surface area contributed by atoms with Gasteiger partial charge in [-0.1, -0.05) is 6.07 Å². The molecule has 0 saturated carbocycles. The Kier molecular flexibility index (Phi) is 3.43. The number of nitrogens with zero attached hydrogens (tertiary/aromatic N) is 3. The average Bonchev–Trinajstić information content (AvgIpc) is 3.21. The zero-order chi connectivity index (χ0) is 18.5. The van der Waals surface area contributed by atoms with E-state index in [0.717, 1.165) is 10.5 Å². The number of carbonyl (C=O) groups excluding carboxylic acids is 2. The summed E-state index contributed by atoms with van der Waals surface area (Å²) in [5.74, 6) is -0.107. The second-order valence-electron chi connectivity index (χ2n) is 6.39. The molecule has 3 amide bonds. The summed E-state index contributed by atoms with van der Waals surface area (Å²) in [5, 5.41) is 2.65. The summed E-state index contributed by atoms with van der Waals surface area (Å²) in [6.45, 7) is 3.33. The number of imide groups is 1. The number of pyridine rings is 1. The zero-order valence-corrected chi connectivity index (χ0v) is 14.2. The number of nitrogens with one attached hydrogen (secondary N) is 1. The van der Waals surface area contributed by atoms with Crippen molar-refractivity contribution in [3.05, 3.63) is 70.2 Å². The summed E-state index contributed by atoms with van der Waals surface area (Å²) in [6.07, 6.45) is 3.07. The Morgan fingerprint density at radius 1 is 1.23 bits per heavy atom. The second kappa shape index (κ2) is 5.55. The lowest BCUT2D eigenvalue weighted by Gasteiger charge is -2.19. The molecule has 1 atom stereocenters. The van der Waals surface area contributed by atoms with E-state index in [1.165, 1.54) is 16.7 Å². The summed E-state index contributed by atoms with van der Waals surface area (Å²) >= 11 is 0. The molecule has 1 N–H and O–H groups in total. The fraction of sp³-hybridized carbons (Fsp3) is 0.222. The lowest BCUT2D eigenvalue weighted by molar-refractivity contribution is -0.132. The molecule has 8 heteroatoms. The van der Waals surface area contributed by atoms with Crippen LogP contribution in [-0.2, 0) is 16.9 Å². The summed E-state index contributed by atoms with van der Waals surface area (Å²) in [5.41, 5.74) is 0.119. The van der Waals surface area contributed by atoms with Crippen LogP contribution in [0, 0.1) is 6.92 Å². The minimum Gasteiger partial charge on any atom is -0.466 e. The van der Waals surface area contributed by atoms with Gasteiger partial charge in [-0.15, -0.1) is 0 Å². The van der Waals surface area contributed by atoms with E-state index < -0.39 is 17.5 Å². The second-order valence-corrected chi connectivity index (χ2v) is 6.39. The van der Waals surface area contributed by atoms with Crippen LogP contribution in [0.15, 0.2) is 52.0 Å². The van der Waals surface area contributed by atoms with Gasteiger partial charge in [-0.25, -0.2) is 9.78 Å². The average molecular weight is 352 g/mol. The molecule has 0 radical (unpaired) electrons. The Morgan fingerprint density at radius 2 is 2.04 bits per heavy atom. The SMILES string of the molecule is Cc1cccn2c(=O)cc(CN3C(=O)NC(C)(c4ccco4)C3=O)nc12. The molecule has 8 nitrogen and oxygen atoms in total.